The van der Waals surface area contributed by atoms with Crippen LogP contribution in [0.2, 0.25) is 0 Å². The van der Waals surface area contributed by atoms with Crippen molar-refractivity contribution in [3.05, 3.63) is 72.7 Å². The van der Waals surface area contributed by atoms with E-state index >= 15 is 0 Å². The second-order valence-corrected chi connectivity index (χ2v) is 7.47. The van der Waals surface area contributed by atoms with Gasteiger partial charge < -0.3 is 18.5 Å². The fourth-order valence-electron chi connectivity index (χ4n) is 2.93. The predicted molar refractivity (Wildman–Crippen MR) is 116 cm³/mol. The van der Waals surface area contributed by atoms with Gasteiger partial charge in [-0.1, -0.05) is 15.9 Å². The lowest BCUT2D eigenvalue weighted by molar-refractivity contribution is -0.138. The van der Waals surface area contributed by atoms with Crippen LogP contribution in [-0.2, 0) is 35.0 Å². The normalized spacial score (nSPS) is 11.2. The van der Waals surface area contributed by atoms with E-state index in [0.29, 0.717) is 16.5 Å². The smallest absolute Gasteiger partial charge is 0.374 e. The average Bonchev–Trinajstić information content (AvgIpc) is 3.10. The molecule has 0 atom stereocenters. The van der Waals surface area contributed by atoms with Gasteiger partial charge in [0.15, 0.2) is 0 Å². The minimum Gasteiger partial charge on any atom is -0.460 e. The monoisotopic (exact) mass is 490 g/mol. The molecule has 1 aromatic carbocycles. The van der Waals surface area contributed by atoms with E-state index in [1.165, 1.54) is 30.9 Å². The van der Waals surface area contributed by atoms with Crippen molar-refractivity contribution in [3.8, 4) is 0 Å². The molecule has 0 bridgehead atoms. The van der Waals surface area contributed by atoms with Crippen LogP contribution < -0.4 is 11.2 Å². The number of aromatic nitrogens is 2. The number of carbonyl (C=O) groups is 2. The molecule has 0 unspecified atom stereocenters. The lowest BCUT2D eigenvalue weighted by Crippen LogP contribution is -2.37. The Morgan fingerprint density at radius 2 is 1.94 bits per heavy atom. The van der Waals surface area contributed by atoms with Gasteiger partial charge in [0.2, 0.25) is 5.76 Å². The second kappa shape index (κ2) is 9.17. The summed E-state index contributed by atoms with van der Waals surface area (Å²) in [4.78, 5) is 48.4. The van der Waals surface area contributed by atoms with Gasteiger partial charge in [0.05, 0.1) is 17.7 Å². The van der Waals surface area contributed by atoms with Gasteiger partial charge in [0, 0.05) is 36.2 Å². The Balaban J connectivity index is 1.85. The quantitative estimate of drug-likeness (QED) is 0.385. The molecule has 0 saturated carbocycles. The van der Waals surface area contributed by atoms with Gasteiger partial charge >= 0.3 is 17.6 Å². The first-order valence-electron chi connectivity index (χ1n) is 9.22. The van der Waals surface area contributed by atoms with Gasteiger partial charge in [-0.15, -0.1) is 0 Å². The Morgan fingerprint density at radius 3 is 2.65 bits per heavy atom. The van der Waals surface area contributed by atoms with Crippen molar-refractivity contribution in [3.63, 3.8) is 0 Å². The van der Waals surface area contributed by atoms with Crippen LogP contribution in [0.15, 0.2) is 49.0 Å². The summed E-state index contributed by atoms with van der Waals surface area (Å²) in [6.45, 7) is 1.59. The minimum absolute atomic E-state index is 0.0429. The summed E-state index contributed by atoms with van der Waals surface area (Å²) in [6.07, 6.45) is 3.66. The van der Waals surface area contributed by atoms with Gasteiger partial charge in [0.25, 0.3) is 5.56 Å². The lowest BCUT2D eigenvalue weighted by atomic mass is 10.1. The summed E-state index contributed by atoms with van der Waals surface area (Å²) in [5.41, 5.74) is -0.0563. The first kappa shape index (κ1) is 22.3. The molecule has 0 spiro atoms. The molecule has 2 aromatic heterocycles. The topological polar surface area (TPSA) is 110 Å². The molecule has 0 aliphatic carbocycles. The molecule has 0 aliphatic rings. The van der Waals surface area contributed by atoms with Crippen LogP contribution in [0, 0.1) is 0 Å². The van der Waals surface area contributed by atoms with Crippen LogP contribution in [0.4, 0.5) is 0 Å². The molecule has 0 amide bonds. The third-order valence-corrected chi connectivity index (χ3v) is 4.94. The number of esters is 2. The number of nitrogens with zero attached hydrogens (tertiary/aromatic N) is 2. The molecule has 3 rings (SSSR count). The van der Waals surface area contributed by atoms with Gasteiger partial charge in [-0.25, -0.2) is 14.4 Å². The Labute approximate surface area is 184 Å². The molecule has 0 fully saturated rings. The molecular weight excluding hydrogens is 472 g/mol. The molecule has 0 aliphatic heterocycles. The van der Waals surface area contributed by atoms with E-state index in [0.717, 1.165) is 15.1 Å². The average molecular weight is 491 g/mol. The number of hydrogen-bond donors (Lipinski definition) is 0. The molecule has 9 nitrogen and oxygen atoms in total. The highest BCUT2D eigenvalue weighted by Crippen LogP contribution is 2.30. The maximum Gasteiger partial charge on any atom is 0.374 e. The SMILES string of the molecule is CCOC(=O)c1oc2ccc(Br)cc2c1COC(=O)/C=C/c1cn(C)c(=O)n(C)c1=O. The number of halogens is 1. The standard InChI is InChI=1S/C21H19BrN2O7/c1-4-29-20(27)18-15(14-9-13(22)6-7-16(14)31-18)11-30-17(25)8-5-12-10-23(2)21(28)24(3)19(12)26/h5-10H,4,11H2,1-3H3/b8-5+. The van der Waals surface area contributed by atoms with Crippen molar-refractivity contribution >= 4 is 44.9 Å². The molecule has 2 heterocycles. The zero-order chi connectivity index (χ0) is 22.7. The second-order valence-electron chi connectivity index (χ2n) is 6.55. The summed E-state index contributed by atoms with van der Waals surface area (Å²) in [6, 6.07) is 5.19. The van der Waals surface area contributed by atoms with E-state index in [9.17, 15) is 19.2 Å². The van der Waals surface area contributed by atoms with Crippen molar-refractivity contribution in [2.24, 2.45) is 14.1 Å². The van der Waals surface area contributed by atoms with Crippen molar-refractivity contribution in [1.82, 2.24) is 9.13 Å². The minimum atomic E-state index is -0.741. The van der Waals surface area contributed by atoms with Gasteiger partial charge in [0.1, 0.15) is 12.2 Å². The zero-order valence-electron chi connectivity index (χ0n) is 17.0. The predicted octanol–water partition coefficient (Wildman–Crippen LogP) is 2.53. The number of aryl methyl sites for hydroxylation is 1. The van der Waals surface area contributed by atoms with Crippen LogP contribution >= 0.6 is 15.9 Å². The summed E-state index contributed by atoms with van der Waals surface area (Å²) < 4.78 is 18.8. The number of benzene rings is 1. The number of furan rings is 1. The van der Waals surface area contributed by atoms with E-state index < -0.39 is 23.2 Å². The number of ether oxygens (including phenoxy) is 2. The molecule has 3 aromatic rings. The summed E-state index contributed by atoms with van der Waals surface area (Å²) in [7, 11) is 2.84. The van der Waals surface area contributed by atoms with Gasteiger partial charge in [-0.05, 0) is 31.2 Å². The molecular formula is C21H19BrN2O7. The van der Waals surface area contributed by atoms with Crippen molar-refractivity contribution in [2.75, 3.05) is 6.61 Å². The first-order valence-corrected chi connectivity index (χ1v) is 10.0. The van der Waals surface area contributed by atoms with Crippen molar-refractivity contribution < 1.29 is 23.5 Å². The highest BCUT2D eigenvalue weighted by Gasteiger charge is 2.23. The fraction of sp³-hybridized carbons (Fsp3) is 0.238. The zero-order valence-corrected chi connectivity index (χ0v) is 18.6. The third kappa shape index (κ3) is 4.69. The summed E-state index contributed by atoms with van der Waals surface area (Å²) in [5.74, 6) is -1.45. The molecule has 0 saturated heterocycles. The van der Waals surface area contributed by atoms with Crippen molar-refractivity contribution in [1.29, 1.82) is 0 Å². The van der Waals surface area contributed by atoms with Crippen molar-refractivity contribution in [2.45, 2.75) is 13.5 Å². The Hall–Kier alpha value is -3.40. The first-order chi connectivity index (χ1) is 14.7. The van der Waals surface area contributed by atoms with Crippen LogP contribution in [0.1, 0.15) is 28.6 Å². The number of carbonyl (C=O) groups excluding carboxylic acids is 2. The van der Waals surface area contributed by atoms with E-state index in [2.05, 4.69) is 15.9 Å². The Morgan fingerprint density at radius 1 is 1.19 bits per heavy atom. The van der Waals surface area contributed by atoms with Crippen LogP contribution in [0.25, 0.3) is 17.0 Å². The Kier molecular flexibility index (Phi) is 6.59. The maximum atomic E-state index is 12.3. The molecule has 0 N–H and O–H groups in total. The summed E-state index contributed by atoms with van der Waals surface area (Å²) >= 11 is 3.37. The maximum absolute atomic E-state index is 12.3. The number of rotatable bonds is 6. The molecule has 0 radical (unpaired) electrons. The van der Waals surface area contributed by atoms with E-state index in [4.69, 9.17) is 13.9 Å². The lowest BCUT2D eigenvalue weighted by Gasteiger charge is -2.05. The van der Waals surface area contributed by atoms with Crippen LogP contribution in [-0.4, -0.2) is 27.7 Å². The van der Waals surface area contributed by atoms with E-state index in [1.807, 2.05) is 0 Å². The Bertz CT molecular complexity index is 1310. The fourth-order valence-corrected chi connectivity index (χ4v) is 3.29. The van der Waals surface area contributed by atoms with Crippen LogP contribution in [0.5, 0.6) is 0 Å². The van der Waals surface area contributed by atoms with Gasteiger partial charge in [-0.3, -0.25) is 9.36 Å². The highest BCUT2D eigenvalue weighted by atomic mass is 79.9. The largest absolute Gasteiger partial charge is 0.460 e. The molecule has 10 heteroatoms. The molecule has 31 heavy (non-hydrogen) atoms. The third-order valence-electron chi connectivity index (χ3n) is 4.44. The van der Waals surface area contributed by atoms with Crippen LogP contribution in [0.3, 0.4) is 0 Å². The van der Waals surface area contributed by atoms with E-state index in [1.54, 1.807) is 25.1 Å². The highest BCUT2D eigenvalue weighted by molar-refractivity contribution is 9.10. The summed E-state index contributed by atoms with van der Waals surface area (Å²) in [5, 5.41) is 0.598. The van der Waals surface area contributed by atoms with Gasteiger partial charge in [-0.2, -0.15) is 0 Å². The number of fused-ring (bicyclic) bond motifs is 1. The molecule has 162 valence electrons. The van der Waals surface area contributed by atoms with E-state index in [-0.39, 0.29) is 24.5 Å². The number of hydrogen-bond acceptors (Lipinski definition) is 7.